The van der Waals surface area contributed by atoms with Crippen LogP contribution in [0.1, 0.15) is 0 Å². The van der Waals surface area contributed by atoms with Crippen LogP contribution >= 0.6 is 15.9 Å². The first-order valence-electron chi connectivity index (χ1n) is 6.44. The van der Waals surface area contributed by atoms with Gasteiger partial charge in [-0.1, -0.05) is 12.1 Å². The van der Waals surface area contributed by atoms with Crippen LogP contribution < -0.4 is 20.1 Å². The smallest absolute Gasteiger partial charge is 0.323 e. The molecule has 0 aromatic heterocycles. The average molecular weight is 349 g/mol. The topological polar surface area (TPSA) is 59.6 Å². The number of amides is 2. The molecule has 0 saturated heterocycles. The van der Waals surface area contributed by atoms with Gasteiger partial charge >= 0.3 is 6.03 Å². The molecule has 1 aliphatic heterocycles. The van der Waals surface area contributed by atoms with Gasteiger partial charge in [-0.3, -0.25) is 0 Å². The van der Waals surface area contributed by atoms with E-state index in [4.69, 9.17) is 9.47 Å². The van der Waals surface area contributed by atoms with E-state index in [0.717, 1.165) is 4.47 Å². The number of fused-ring (bicyclic) bond motifs is 1. The van der Waals surface area contributed by atoms with Crippen LogP contribution in [0.3, 0.4) is 0 Å². The van der Waals surface area contributed by atoms with Gasteiger partial charge in [0.2, 0.25) is 0 Å². The van der Waals surface area contributed by atoms with Crippen LogP contribution in [0.25, 0.3) is 0 Å². The first-order valence-corrected chi connectivity index (χ1v) is 7.24. The molecule has 21 heavy (non-hydrogen) atoms. The van der Waals surface area contributed by atoms with Crippen molar-refractivity contribution >= 4 is 33.3 Å². The fraction of sp³-hybridized carbons (Fsp3) is 0.133. The maximum atomic E-state index is 12.0. The van der Waals surface area contributed by atoms with Crippen LogP contribution in [0.2, 0.25) is 0 Å². The summed E-state index contributed by atoms with van der Waals surface area (Å²) in [5.74, 6) is 1.33. The van der Waals surface area contributed by atoms with Gasteiger partial charge in [0.05, 0.1) is 5.69 Å². The second-order valence-electron chi connectivity index (χ2n) is 4.42. The minimum absolute atomic E-state index is 0.321. The number of anilines is 2. The molecular weight excluding hydrogens is 336 g/mol. The maximum Gasteiger partial charge on any atom is 0.323 e. The Labute approximate surface area is 130 Å². The van der Waals surface area contributed by atoms with Crippen molar-refractivity contribution in [2.45, 2.75) is 0 Å². The van der Waals surface area contributed by atoms with Crippen LogP contribution in [0, 0.1) is 0 Å². The zero-order valence-electron chi connectivity index (χ0n) is 11.1. The predicted molar refractivity (Wildman–Crippen MR) is 84.2 cm³/mol. The molecule has 0 aliphatic carbocycles. The van der Waals surface area contributed by atoms with Gasteiger partial charge in [-0.25, -0.2) is 4.79 Å². The Morgan fingerprint density at radius 3 is 2.57 bits per heavy atom. The lowest BCUT2D eigenvalue weighted by Gasteiger charge is -2.19. The van der Waals surface area contributed by atoms with Crippen molar-refractivity contribution in [3.8, 4) is 11.5 Å². The fourth-order valence-corrected chi connectivity index (χ4v) is 2.35. The van der Waals surface area contributed by atoms with Crippen LogP contribution in [0.5, 0.6) is 11.5 Å². The molecule has 1 heterocycles. The number of hydrogen-bond acceptors (Lipinski definition) is 3. The number of urea groups is 1. The Kier molecular flexibility index (Phi) is 3.96. The molecule has 6 heteroatoms. The molecule has 2 aromatic carbocycles. The molecule has 0 unspecified atom stereocenters. The number of ether oxygens (including phenoxy) is 2. The minimum Gasteiger partial charge on any atom is -0.486 e. The zero-order valence-corrected chi connectivity index (χ0v) is 12.6. The van der Waals surface area contributed by atoms with E-state index in [9.17, 15) is 4.79 Å². The highest BCUT2D eigenvalue weighted by Crippen LogP contribution is 2.32. The zero-order chi connectivity index (χ0) is 14.7. The van der Waals surface area contributed by atoms with E-state index in [1.807, 2.05) is 24.3 Å². The summed E-state index contributed by atoms with van der Waals surface area (Å²) in [6.45, 7) is 1.06. The highest BCUT2D eigenvalue weighted by atomic mass is 79.9. The summed E-state index contributed by atoms with van der Waals surface area (Å²) in [6, 6.07) is 12.4. The van der Waals surface area contributed by atoms with Crippen LogP contribution in [-0.2, 0) is 0 Å². The molecule has 0 saturated carbocycles. The Hall–Kier alpha value is -2.21. The summed E-state index contributed by atoms with van der Waals surface area (Å²) < 4.78 is 11.7. The highest BCUT2D eigenvalue weighted by molar-refractivity contribution is 9.10. The average Bonchev–Trinajstić information content (AvgIpc) is 2.49. The van der Waals surface area contributed by atoms with Crippen molar-refractivity contribution in [2.24, 2.45) is 0 Å². The summed E-state index contributed by atoms with van der Waals surface area (Å²) in [7, 11) is 0. The summed E-state index contributed by atoms with van der Waals surface area (Å²) in [4.78, 5) is 12.0. The van der Waals surface area contributed by atoms with E-state index in [0.29, 0.717) is 36.1 Å². The predicted octanol–water partition coefficient (Wildman–Crippen LogP) is 3.86. The number of para-hydroxylation sites is 1. The lowest BCUT2D eigenvalue weighted by molar-refractivity contribution is 0.171. The standard InChI is InChI=1S/C15H13BrN2O3/c16-11-3-1-2-4-12(11)18-15(19)17-10-5-6-13-14(9-10)21-8-7-20-13/h1-6,9H,7-8H2,(H2,17,18,19). The molecule has 2 amide bonds. The largest absolute Gasteiger partial charge is 0.486 e. The molecule has 0 bridgehead atoms. The van der Waals surface area contributed by atoms with Crippen LogP contribution in [0.15, 0.2) is 46.9 Å². The molecule has 3 rings (SSSR count). The summed E-state index contributed by atoms with van der Waals surface area (Å²) in [5, 5.41) is 5.53. The quantitative estimate of drug-likeness (QED) is 0.866. The van der Waals surface area contributed by atoms with Gasteiger partial charge in [0, 0.05) is 16.2 Å². The third-order valence-corrected chi connectivity index (χ3v) is 3.61. The maximum absolute atomic E-state index is 12.0. The molecule has 0 radical (unpaired) electrons. The number of carbonyl (C=O) groups excluding carboxylic acids is 1. The molecule has 1 aliphatic rings. The van der Waals surface area contributed by atoms with Crippen molar-refractivity contribution in [1.29, 1.82) is 0 Å². The Morgan fingerprint density at radius 1 is 1.00 bits per heavy atom. The molecule has 108 valence electrons. The Bertz CT molecular complexity index is 676. The van der Waals surface area contributed by atoms with Gasteiger partial charge in [-0.05, 0) is 40.2 Å². The van der Waals surface area contributed by atoms with Gasteiger partial charge in [0.1, 0.15) is 13.2 Å². The third kappa shape index (κ3) is 3.28. The van der Waals surface area contributed by atoms with Crippen molar-refractivity contribution in [3.05, 3.63) is 46.9 Å². The molecule has 0 spiro atoms. The minimum atomic E-state index is -0.321. The van der Waals surface area contributed by atoms with E-state index in [-0.39, 0.29) is 6.03 Å². The number of benzene rings is 2. The first-order chi connectivity index (χ1) is 10.2. The van der Waals surface area contributed by atoms with Crippen LogP contribution in [0.4, 0.5) is 16.2 Å². The number of carbonyl (C=O) groups is 1. The van der Waals surface area contributed by atoms with E-state index in [2.05, 4.69) is 26.6 Å². The first kappa shape index (κ1) is 13.8. The summed E-state index contributed by atoms with van der Waals surface area (Å²) in [6.07, 6.45) is 0. The van der Waals surface area contributed by atoms with Gasteiger partial charge in [-0.15, -0.1) is 0 Å². The second-order valence-corrected chi connectivity index (χ2v) is 5.27. The summed E-state index contributed by atoms with van der Waals surface area (Å²) in [5.41, 5.74) is 1.34. The second kappa shape index (κ2) is 6.05. The van der Waals surface area contributed by atoms with E-state index < -0.39 is 0 Å². The lowest BCUT2D eigenvalue weighted by Crippen LogP contribution is -2.20. The molecule has 0 atom stereocenters. The molecule has 0 fully saturated rings. The van der Waals surface area contributed by atoms with Gasteiger partial charge < -0.3 is 20.1 Å². The number of halogens is 1. The third-order valence-electron chi connectivity index (χ3n) is 2.92. The van der Waals surface area contributed by atoms with E-state index in [1.165, 1.54) is 0 Å². The van der Waals surface area contributed by atoms with Crippen molar-refractivity contribution in [3.63, 3.8) is 0 Å². The monoisotopic (exact) mass is 348 g/mol. The van der Waals surface area contributed by atoms with Crippen molar-refractivity contribution in [2.75, 3.05) is 23.8 Å². The van der Waals surface area contributed by atoms with Gasteiger partial charge in [0.25, 0.3) is 0 Å². The van der Waals surface area contributed by atoms with Gasteiger partial charge in [0.15, 0.2) is 11.5 Å². The summed E-state index contributed by atoms with van der Waals surface area (Å²) >= 11 is 3.38. The number of rotatable bonds is 2. The molecule has 2 aromatic rings. The van der Waals surface area contributed by atoms with E-state index in [1.54, 1.807) is 18.2 Å². The Balaban J connectivity index is 1.69. The normalized spacial score (nSPS) is 12.6. The van der Waals surface area contributed by atoms with Crippen molar-refractivity contribution < 1.29 is 14.3 Å². The molecule has 2 N–H and O–H groups in total. The number of nitrogens with one attached hydrogen (secondary N) is 2. The fourth-order valence-electron chi connectivity index (χ4n) is 1.97. The van der Waals surface area contributed by atoms with Gasteiger partial charge in [-0.2, -0.15) is 0 Å². The number of hydrogen-bond donors (Lipinski definition) is 2. The van der Waals surface area contributed by atoms with E-state index >= 15 is 0 Å². The lowest BCUT2D eigenvalue weighted by atomic mass is 10.2. The SMILES string of the molecule is O=C(Nc1ccc2c(c1)OCCO2)Nc1ccccc1Br. The molecule has 5 nitrogen and oxygen atoms in total. The van der Waals surface area contributed by atoms with Crippen molar-refractivity contribution in [1.82, 2.24) is 0 Å². The van der Waals surface area contributed by atoms with Crippen LogP contribution in [-0.4, -0.2) is 19.2 Å². The molecular formula is C15H13BrN2O3. The Morgan fingerprint density at radius 2 is 1.76 bits per heavy atom. The highest BCUT2D eigenvalue weighted by Gasteiger charge is 2.13.